The highest BCUT2D eigenvalue weighted by atomic mass is 15.2. The average Bonchev–Trinajstić information content (AvgIpc) is 3.60. The number of pyridine rings is 1. The highest BCUT2D eigenvalue weighted by molar-refractivity contribution is 6.39. The number of nitrogens with zero attached hydrogens (tertiary/aromatic N) is 3. The lowest BCUT2D eigenvalue weighted by atomic mass is 9.82. The summed E-state index contributed by atoms with van der Waals surface area (Å²) in [5.74, 6) is 0. The minimum atomic E-state index is -0.169. The zero-order valence-corrected chi connectivity index (χ0v) is 38.0. The molecule has 1 aromatic heterocycles. The van der Waals surface area contributed by atoms with E-state index in [0.29, 0.717) is 0 Å². The number of fused-ring (bicyclic) bond motifs is 7. The van der Waals surface area contributed by atoms with Crippen LogP contribution in [0.15, 0.2) is 212 Å². The third kappa shape index (κ3) is 5.87. The van der Waals surface area contributed by atoms with Crippen LogP contribution in [0.5, 0.6) is 0 Å². The van der Waals surface area contributed by atoms with Gasteiger partial charge in [0.1, 0.15) is 0 Å². The zero-order valence-electron chi connectivity index (χ0n) is 38.0. The van der Waals surface area contributed by atoms with E-state index in [2.05, 4.69) is 238 Å². The van der Waals surface area contributed by atoms with Crippen molar-refractivity contribution in [3.63, 3.8) is 0 Å². The third-order valence-corrected chi connectivity index (χ3v) is 14.6. The summed E-state index contributed by atoms with van der Waals surface area (Å²) in [7, 11) is 0. The van der Waals surface area contributed by atoms with Gasteiger partial charge in [0.25, 0.3) is 0 Å². The first-order valence-corrected chi connectivity index (χ1v) is 23.4. The molecule has 0 atom stereocenters. The van der Waals surface area contributed by atoms with Crippen LogP contribution in [0, 0.1) is 13.8 Å². The fourth-order valence-electron chi connectivity index (χ4n) is 11.5. The first-order chi connectivity index (χ1) is 32.8. The minimum absolute atomic E-state index is 0.169. The summed E-state index contributed by atoms with van der Waals surface area (Å²) in [6.07, 6.45) is 1.89. The molecule has 0 bridgehead atoms. The molecule has 0 aliphatic heterocycles. The van der Waals surface area contributed by atoms with E-state index < -0.39 is 0 Å². The SMILES string of the molecule is Cc1cc(N(c2ccccc2)c2ccc3cccnc3c2)c2c3ccccc3c3c(N(c4ccc5c(c4)C(C)(C)c4ccccc4-5)c4ccccc4-c4ccccc4)cc(C)c4ccc1c2c43. The maximum atomic E-state index is 4.83. The van der Waals surface area contributed by atoms with E-state index in [9.17, 15) is 0 Å². The summed E-state index contributed by atoms with van der Waals surface area (Å²) in [4.78, 5) is 9.84. The zero-order chi connectivity index (χ0) is 45.0. The summed E-state index contributed by atoms with van der Waals surface area (Å²) in [6.45, 7) is 9.34. The Morgan fingerprint density at radius 2 is 0.940 bits per heavy atom. The topological polar surface area (TPSA) is 19.4 Å². The summed E-state index contributed by atoms with van der Waals surface area (Å²) < 4.78 is 0. The number of para-hydroxylation sites is 2. The summed E-state index contributed by atoms with van der Waals surface area (Å²) in [6, 6.07) is 76.3. The number of benzene rings is 11. The van der Waals surface area contributed by atoms with Gasteiger partial charge in [-0.15, -0.1) is 0 Å². The fourth-order valence-corrected chi connectivity index (χ4v) is 11.5. The molecule has 0 saturated carbocycles. The number of aromatic nitrogens is 1. The van der Waals surface area contributed by atoms with Gasteiger partial charge in [0.2, 0.25) is 0 Å². The van der Waals surface area contributed by atoms with Crippen molar-refractivity contribution >= 4 is 88.1 Å². The van der Waals surface area contributed by atoms with Crippen molar-refractivity contribution in [2.75, 3.05) is 9.80 Å². The molecule has 67 heavy (non-hydrogen) atoms. The molecule has 1 aliphatic carbocycles. The van der Waals surface area contributed by atoms with E-state index >= 15 is 0 Å². The third-order valence-electron chi connectivity index (χ3n) is 14.6. The molecular formula is C64H47N3. The van der Waals surface area contributed by atoms with Gasteiger partial charge in [0, 0.05) is 61.2 Å². The number of aryl methyl sites for hydroxylation is 2. The Bertz CT molecular complexity index is 3930. The fraction of sp³-hybridized carbons (Fsp3) is 0.0781. The largest absolute Gasteiger partial charge is 0.310 e. The molecule has 0 unspecified atom stereocenters. The van der Waals surface area contributed by atoms with E-state index in [1.54, 1.807) is 0 Å². The molecule has 0 radical (unpaired) electrons. The Morgan fingerprint density at radius 1 is 0.373 bits per heavy atom. The number of hydrogen-bond donors (Lipinski definition) is 0. The lowest BCUT2D eigenvalue weighted by Crippen LogP contribution is -2.17. The van der Waals surface area contributed by atoms with Crippen LogP contribution in [0.4, 0.5) is 34.1 Å². The normalized spacial score (nSPS) is 12.9. The summed E-state index contributed by atoms with van der Waals surface area (Å²) in [5.41, 5.74) is 17.7. The molecule has 0 fully saturated rings. The van der Waals surface area contributed by atoms with Crippen LogP contribution in [0.25, 0.3) is 76.2 Å². The maximum Gasteiger partial charge on any atom is 0.0722 e. The predicted molar refractivity (Wildman–Crippen MR) is 285 cm³/mol. The summed E-state index contributed by atoms with van der Waals surface area (Å²) in [5, 5.41) is 11.1. The van der Waals surface area contributed by atoms with Crippen LogP contribution in [-0.2, 0) is 5.41 Å². The van der Waals surface area contributed by atoms with Crippen LogP contribution >= 0.6 is 0 Å². The van der Waals surface area contributed by atoms with Gasteiger partial charge >= 0.3 is 0 Å². The Morgan fingerprint density at radius 3 is 1.66 bits per heavy atom. The Hall–Kier alpha value is -8.27. The van der Waals surface area contributed by atoms with Gasteiger partial charge < -0.3 is 9.80 Å². The average molecular weight is 858 g/mol. The van der Waals surface area contributed by atoms with Crippen LogP contribution in [0.3, 0.4) is 0 Å². The van der Waals surface area contributed by atoms with E-state index in [-0.39, 0.29) is 5.41 Å². The van der Waals surface area contributed by atoms with Crippen molar-refractivity contribution in [1.29, 1.82) is 0 Å². The Labute approximate surface area is 391 Å². The van der Waals surface area contributed by atoms with E-state index in [1.165, 1.54) is 87.6 Å². The van der Waals surface area contributed by atoms with Crippen molar-refractivity contribution in [2.45, 2.75) is 33.1 Å². The molecule has 11 aromatic carbocycles. The molecule has 0 amide bonds. The van der Waals surface area contributed by atoms with Gasteiger partial charge in [0.05, 0.1) is 22.6 Å². The second-order valence-corrected chi connectivity index (χ2v) is 18.8. The lowest BCUT2D eigenvalue weighted by molar-refractivity contribution is 0.660. The van der Waals surface area contributed by atoms with E-state index in [4.69, 9.17) is 4.98 Å². The molecule has 3 nitrogen and oxygen atoms in total. The molecule has 13 rings (SSSR count). The molecule has 3 heteroatoms. The number of hydrogen-bond acceptors (Lipinski definition) is 3. The van der Waals surface area contributed by atoms with Gasteiger partial charge in [-0.2, -0.15) is 0 Å². The lowest BCUT2D eigenvalue weighted by Gasteiger charge is -2.33. The van der Waals surface area contributed by atoms with Crippen molar-refractivity contribution in [3.05, 3.63) is 235 Å². The quantitative estimate of drug-likeness (QED) is 0.118. The van der Waals surface area contributed by atoms with E-state index in [0.717, 1.165) is 45.0 Å². The van der Waals surface area contributed by atoms with Crippen LogP contribution in [0.2, 0.25) is 0 Å². The molecule has 0 N–H and O–H groups in total. The highest BCUT2D eigenvalue weighted by Gasteiger charge is 2.36. The summed E-state index contributed by atoms with van der Waals surface area (Å²) >= 11 is 0. The molecular weight excluding hydrogens is 811 g/mol. The maximum absolute atomic E-state index is 4.83. The van der Waals surface area contributed by atoms with Crippen molar-refractivity contribution in [1.82, 2.24) is 4.98 Å². The standard InChI is InChI=1S/C64H47N3/c1-40-36-58(66(44-21-9-6-10-22-44)46-30-29-43-20-17-35-65-56(43)39-46)60-52-25-11-12-26-53(52)61-59(37-41(2)48-34-33-47(40)62(60)63(48)61)67(57-28-16-14-23-49(57)42-18-7-5-8-19-42)45-31-32-51-50-24-13-15-27-54(50)64(3,4)55(51)38-45/h5-39H,1-4H3. The van der Waals surface area contributed by atoms with Gasteiger partial charge in [0.15, 0.2) is 0 Å². The van der Waals surface area contributed by atoms with Gasteiger partial charge in [-0.3, -0.25) is 4.98 Å². The van der Waals surface area contributed by atoms with Gasteiger partial charge in [-0.05, 0) is 135 Å². The molecule has 318 valence electrons. The molecule has 1 heterocycles. The van der Waals surface area contributed by atoms with Crippen molar-refractivity contribution in [2.24, 2.45) is 0 Å². The molecule has 0 spiro atoms. The number of anilines is 6. The van der Waals surface area contributed by atoms with Gasteiger partial charge in [-0.1, -0.05) is 159 Å². The second kappa shape index (κ2) is 14.9. The van der Waals surface area contributed by atoms with E-state index in [1.807, 2.05) is 12.3 Å². The van der Waals surface area contributed by atoms with Crippen LogP contribution < -0.4 is 9.80 Å². The second-order valence-electron chi connectivity index (χ2n) is 18.8. The minimum Gasteiger partial charge on any atom is -0.310 e. The smallest absolute Gasteiger partial charge is 0.0722 e. The Balaban J connectivity index is 1.16. The Kier molecular flexibility index (Phi) is 8.69. The van der Waals surface area contributed by atoms with Gasteiger partial charge in [-0.25, -0.2) is 0 Å². The first-order valence-electron chi connectivity index (χ1n) is 23.4. The first kappa shape index (κ1) is 39.1. The van der Waals surface area contributed by atoms with Crippen LogP contribution in [0.1, 0.15) is 36.1 Å². The molecule has 1 aliphatic rings. The number of rotatable bonds is 7. The monoisotopic (exact) mass is 857 g/mol. The van der Waals surface area contributed by atoms with Crippen molar-refractivity contribution < 1.29 is 0 Å². The van der Waals surface area contributed by atoms with Crippen LogP contribution in [-0.4, -0.2) is 4.98 Å². The molecule has 0 saturated heterocycles. The van der Waals surface area contributed by atoms with Crippen molar-refractivity contribution in [3.8, 4) is 22.3 Å². The molecule has 12 aromatic rings. The highest BCUT2D eigenvalue weighted by Crippen LogP contribution is 2.55. The predicted octanol–water partition coefficient (Wildman–Crippen LogP) is 17.8.